The van der Waals surface area contributed by atoms with Crippen LogP contribution in [0.15, 0.2) is 0 Å². The zero-order valence-electron chi connectivity index (χ0n) is 19.0. The van der Waals surface area contributed by atoms with Crippen molar-refractivity contribution in [2.45, 2.75) is 93.8 Å². The largest absolute Gasteiger partial charge is 0.395 e. The third-order valence-corrected chi connectivity index (χ3v) is 7.26. The van der Waals surface area contributed by atoms with Crippen LogP contribution in [-0.2, 0) is 9.53 Å². The number of aliphatic hydroxyl groups excluding tert-OH is 4. The van der Waals surface area contributed by atoms with Crippen molar-refractivity contribution in [2.24, 2.45) is 5.92 Å². The van der Waals surface area contributed by atoms with E-state index in [2.05, 4.69) is 12.2 Å². The molecule has 0 spiro atoms. The van der Waals surface area contributed by atoms with Gasteiger partial charge in [0.25, 0.3) is 5.92 Å². The van der Waals surface area contributed by atoms with E-state index in [1.807, 2.05) is 0 Å². The Morgan fingerprint density at radius 2 is 1.94 bits per heavy atom. The fourth-order valence-corrected chi connectivity index (χ4v) is 5.31. The first kappa shape index (κ1) is 27.7. The second kappa shape index (κ2) is 12.2. The average Bonchev–Trinajstić information content (AvgIpc) is 3.13. The summed E-state index contributed by atoms with van der Waals surface area (Å²) in [7, 11) is 0. The summed E-state index contributed by atoms with van der Waals surface area (Å²) in [5, 5.41) is 42.3. The maximum atomic E-state index is 14.6. The Balaban J connectivity index is 2.16. The van der Waals surface area contributed by atoms with Gasteiger partial charge in [0.05, 0.1) is 12.6 Å². The summed E-state index contributed by atoms with van der Waals surface area (Å²) in [6.45, 7) is 3.44. The smallest absolute Gasteiger partial charge is 0.267 e. The fraction of sp³-hybridized carbons (Fsp3) is 0.952. The minimum Gasteiger partial charge on any atom is -0.395 e. The van der Waals surface area contributed by atoms with Gasteiger partial charge in [-0.1, -0.05) is 26.2 Å². The molecule has 0 saturated carbocycles. The van der Waals surface area contributed by atoms with Gasteiger partial charge in [0, 0.05) is 20.0 Å². The normalized spacial score (nSPS) is 35.1. The molecule has 0 aromatic rings. The minimum absolute atomic E-state index is 0.150. The minimum atomic E-state index is -3.47. The zero-order valence-corrected chi connectivity index (χ0v) is 19.8. The lowest BCUT2D eigenvalue weighted by Crippen LogP contribution is -2.67. The lowest BCUT2D eigenvalue weighted by atomic mass is 9.91. The Morgan fingerprint density at radius 1 is 1.25 bits per heavy atom. The zero-order chi connectivity index (χ0) is 24.1. The summed E-state index contributed by atoms with van der Waals surface area (Å²) in [6.07, 6.45) is -0.355. The maximum absolute atomic E-state index is 14.6. The number of nitrogens with zero attached hydrogens (tertiary/aromatic N) is 1. The number of nitrogens with one attached hydrogen (secondary N) is 1. The number of alkyl halides is 2. The first-order valence-electron chi connectivity index (χ1n) is 11.3. The second-order valence-electron chi connectivity index (χ2n) is 8.95. The Morgan fingerprint density at radius 3 is 2.50 bits per heavy atom. The summed E-state index contributed by atoms with van der Waals surface area (Å²) in [4.78, 5) is 14.9. The van der Waals surface area contributed by atoms with Gasteiger partial charge in [-0.15, -0.1) is 11.8 Å². The molecule has 11 heteroatoms. The number of aliphatic hydroxyl groups is 4. The van der Waals surface area contributed by atoms with Gasteiger partial charge in [-0.05, 0) is 25.0 Å². The van der Waals surface area contributed by atoms with E-state index < -0.39 is 53.8 Å². The quantitative estimate of drug-likeness (QED) is 0.270. The van der Waals surface area contributed by atoms with E-state index in [0.717, 1.165) is 37.4 Å². The number of likely N-dealkylation sites (tertiary alicyclic amines) is 1. The molecular weight excluding hydrogens is 446 g/mol. The summed E-state index contributed by atoms with van der Waals surface area (Å²) >= 11 is 1.02. The molecule has 2 heterocycles. The van der Waals surface area contributed by atoms with Crippen LogP contribution in [0.5, 0.6) is 0 Å². The number of carbonyl (C=O) groups is 1. The number of hydrogen-bond acceptors (Lipinski definition) is 8. The van der Waals surface area contributed by atoms with Gasteiger partial charge in [-0.2, -0.15) is 0 Å². The molecule has 32 heavy (non-hydrogen) atoms. The van der Waals surface area contributed by atoms with E-state index in [9.17, 15) is 34.0 Å². The lowest BCUT2D eigenvalue weighted by Gasteiger charge is -2.44. The molecule has 8 atom stereocenters. The highest BCUT2D eigenvalue weighted by Gasteiger charge is 2.53. The molecular formula is C21H38F2N2O6S. The van der Waals surface area contributed by atoms with Crippen molar-refractivity contribution in [3.63, 3.8) is 0 Å². The molecule has 1 amide bonds. The van der Waals surface area contributed by atoms with Crippen molar-refractivity contribution in [1.29, 1.82) is 0 Å². The molecule has 0 aromatic heterocycles. The molecule has 0 radical (unpaired) electrons. The predicted octanol–water partition coefficient (Wildman–Crippen LogP) is 0.560. The third-order valence-electron chi connectivity index (χ3n) is 6.41. The van der Waals surface area contributed by atoms with Crippen molar-refractivity contribution in [3.8, 4) is 0 Å². The summed E-state index contributed by atoms with van der Waals surface area (Å²) in [5.74, 6) is -3.85. The van der Waals surface area contributed by atoms with Crippen molar-refractivity contribution in [3.05, 3.63) is 0 Å². The van der Waals surface area contributed by atoms with Gasteiger partial charge in [0.2, 0.25) is 5.91 Å². The number of unbranched alkanes of at least 4 members (excludes halogenated alkanes) is 2. The van der Waals surface area contributed by atoms with Gasteiger partial charge in [0.1, 0.15) is 35.9 Å². The topological polar surface area (TPSA) is 122 Å². The molecule has 5 N–H and O–H groups in total. The molecule has 2 rings (SSSR count). The van der Waals surface area contributed by atoms with Crippen molar-refractivity contribution < 1.29 is 38.7 Å². The number of hydrogen-bond donors (Lipinski definition) is 5. The van der Waals surface area contributed by atoms with Gasteiger partial charge >= 0.3 is 0 Å². The molecule has 2 fully saturated rings. The summed E-state index contributed by atoms with van der Waals surface area (Å²) in [5.41, 5.74) is -1.03. The van der Waals surface area contributed by atoms with E-state index in [1.165, 1.54) is 0 Å². The van der Waals surface area contributed by atoms with E-state index in [4.69, 9.17) is 4.74 Å². The average molecular weight is 485 g/mol. The molecule has 3 unspecified atom stereocenters. The monoisotopic (exact) mass is 484 g/mol. The first-order valence-corrected chi connectivity index (χ1v) is 12.6. The van der Waals surface area contributed by atoms with E-state index >= 15 is 0 Å². The Kier molecular flexibility index (Phi) is 10.6. The van der Waals surface area contributed by atoms with Crippen LogP contribution in [-0.4, -0.2) is 105 Å². The standard InChI is InChI=1S/C21H38F2N2O6S/c1-4-5-6-7-12-10-13(25(11-12)8-9-26)19(30)24-18(21(2,22)23)17-15(28)14(27)16(29)20(31-17)32-3/h12-18,20,26-29H,4-11H2,1-3H3,(H,24,30)/t12?,13?,14-,15+,16+,17-,18?,20+/m1/s1. The number of β-amino-alcohol motifs (C(OH)–C–C–N with tert-alkyl or cyclic N) is 1. The number of carbonyl (C=O) groups excluding carboxylic acids is 1. The molecule has 188 valence electrons. The van der Waals surface area contributed by atoms with E-state index in [1.54, 1.807) is 11.2 Å². The molecule has 2 aliphatic heterocycles. The number of ether oxygens (including phenoxy) is 1. The second-order valence-corrected chi connectivity index (χ2v) is 9.89. The van der Waals surface area contributed by atoms with Crippen molar-refractivity contribution >= 4 is 17.7 Å². The maximum Gasteiger partial charge on any atom is 0.267 e. The van der Waals surface area contributed by atoms with Crippen LogP contribution >= 0.6 is 11.8 Å². The molecule has 0 aliphatic carbocycles. The van der Waals surface area contributed by atoms with Crippen molar-refractivity contribution in [2.75, 3.05) is 26.0 Å². The predicted molar refractivity (Wildman–Crippen MR) is 117 cm³/mol. The van der Waals surface area contributed by atoms with Crippen LogP contribution in [0.4, 0.5) is 8.78 Å². The van der Waals surface area contributed by atoms with Gasteiger partial charge in [-0.25, -0.2) is 8.78 Å². The highest BCUT2D eigenvalue weighted by atomic mass is 32.2. The molecule has 0 bridgehead atoms. The highest BCUT2D eigenvalue weighted by Crippen LogP contribution is 2.34. The van der Waals surface area contributed by atoms with Crippen LogP contribution < -0.4 is 5.32 Å². The van der Waals surface area contributed by atoms with Crippen LogP contribution in [0.1, 0.15) is 46.0 Å². The van der Waals surface area contributed by atoms with Crippen LogP contribution in [0.2, 0.25) is 0 Å². The number of thioether (sulfide) groups is 1. The van der Waals surface area contributed by atoms with Crippen LogP contribution in [0, 0.1) is 5.92 Å². The van der Waals surface area contributed by atoms with Gasteiger partial charge < -0.3 is 30.5 Å². The van der Waals surface area contributed by atoms with E-state index in [0.29, 0.717) is 19.9 Å². The van der Waals surface area contributed by atoms with Crippen LogP contribution in [0.25, 0.3) is 0 Å². The van der Waals surface area contributed by atoms with Gasteiger partial charge in [-0.3, -0.25) is 9.69 Å². The van der Waals surface area contributed by atoms with E-state index in [-0.39, 0.29) is 19.1 Å². The number of halogens is 2. The third kappa shape index (κ3) is 6.74. The van der Waals surface area contributed by atoms with Gasteiger partial charge in [0.15, 0.2) is 0 Å². The first-order chi connectivity index (χ1) is 15.0. The van der Waals surface area contributed by atoms with Crippen molar-refractivity contribution in [1.82, 2.24) is 10.2 Å². The lowest BCUT2D eigenvalue weighted by molar-refractivity contribution is -0.223. The SMILES string of the molecule is CCCCCC1CC(C(=O)NC([C@@H]2O[C@@H](SC)[C@@H](O)[C@H](O)[C@@H]2O)C(C)(F)F)N(CCO)C1. The molecule has 2 saturated heterocycles. The molecule has 2 aliphatic rings. The highest BCUT2D eigenvalue weighted by molar-refractivity contribution is 7.99. The summed E-state index contributed by atoms with van der Waals surface area (Å²) < 4.78 is 34.6. The van der Waals surface area contributed by atoms with Crippen LogP contribution in [0.3, 0.4) is 0 Å². The number of amides is 1. The fourth-order valence-electron chi connectivity index (χ4n) is 4.63. The Hall–Kier alpha value is -0.560. The summed E-state index contributed by atoms with van der Waals surface area (Å²) in [6, 6.07) is -2.58. The Labute approximate surface area is 192 Å². The molecule has 8 nitrogen and oxygen atoms in total. The Bertz CT molecular complexity index is 597. The molecule has 0 aromatic carbocycles. The number of rotatable bonds is 11.